The SMILES string of the molecule is CC(C)c1cc(-c2ccccc2)cc(C(C)C)c1-n1ccc2c1N1C=CN(C)C1C2.CC(C)c1cccc(C(C)C)c1-n1ccc2c1N1C=CN(C)C1C2.CC(C)c1ccccc1-n1ccc2c1N1C=CN(C)C1C2.Cc1cc2c(n1-c1ccccc1C(C)C)N1C=CN(C)C1C2. The highest BCUT2D eigenvalue weighted by atomic mass is 15.5. The van der Waals surface area contributed by atoms with Crippen molar-refractivity contribution >= 4 is 23.3 Å². The number of nitrogens with zero attached hydrogens (tertiary/aromatic N) is 12. The Labute approximate surface area is 578 Å². The monoisotopic (exact) mass is 1290 g/mol. The van der Waals surface area contributed by atoms with E-state index in [0.29, 0.717) is 60.2 Å². The van der Waals surface area contributed by atoms with Crippen molar-refractivity contribution in [2.75, 3.05) is 47.8 Å². The quantitative estimate of drug-likeness (QED) is 0.127. The zero-order chi connectivity index (χ0) is 68.0. The molecule has 0 radical (unpaired) electrons. The Hall–Kier alpha value is -9.42. The molecule has 0 bridgehead atoms. The first-order chi connectivity index (χ1) is 46.7. The summed E-state index contributed by atoms with van der Waals surface area (Å²) in [5, 5.41) is 0. The number of hydrogen-bond donors (Lipinski definition) is 0. The van der Waals surface area contributed by atoms with Gasteiger partial charge in [-0.1, -0.05) is 168 Å². The van der Waals surface area contributed by atoms with Crippen LogP contribution < -0.4 is 19.6 Å². The summed E-state index contributed by atoms with van der Waals surface area (Å²) in [6, 6.07) is 49.1. The standard InChI is InChI=1S/C27H31N3.C21H27N3.C19H23N3.C18H21N3/c1-18(2)23-15-22(20-9-7-6-8-10-20)16-24(19(3)4)26(23)30-12-11-21-17-25-28(5)13-14-29(25)27(21)30;1-14(2)17-7-6-8-18(15(3)4)20(17)24-10-9-16-13-19-22(5)11-12-23(19)21(16)24;1-13(2)16-7-5-6-8-17(16)22-14(3)11-15-12-18-20(4)9-10-21(18)19(15)22;1-13(2)15-6-4-5-7-16(15)20-9-8-14-12-17-19(3)10-11-21(17)18(14)20/h6-16,18-19,25H,17H2,1-5H3;6-12,14-15,19H,13H2,1-5H3;5-11,13,18H,12H2,1-4H3;4-11,13,17H,12H2,1-3H3. The molecular weight excluding hydrogens is 1190 g/mol. The van der Waals surface area contributed by atoms with E-state index in [2.05, 4.69) is 377 Å². The lowest BCUT2D eigenvalue weighted by atomic mass is 9.88. The third-order valence-electron chi connectivity index (χ3n) is 21.6. The summed E-state index contributed by atoms with van der Waals surface area (Å²) in [4.78, 5) is 18.9. The van der Waals surface area contributed by atoms with Gasteiger partial charge in [0.05, 0.1) is 22.7 Å². The van der Waals surface area contributed by atoms with Gasteiger partial charge >= 0.3 is 0 Å². The molecule has 0 saturated heterocycles. The van der Waals surface area contributed by atoms with Crippen LogP contribution in [0.2, 0.25) is 0 Å². The average molecular weight is 1290 g/mol. The molecule has 4 unspecified atom stereocenters. The zero-order valence-corrected chi connectivity index (χ0v) is 60.5. The van der Waals surface area contributed by atoms with Crippen LogP contribution >= 0.6 is 0 Å². The maximum Gasteiger partial charge on any atom is 0.122 e. The predicted molar refractivity (Wildman–Crippen MR) is 405 cm³/mol. The van der Waals surface area contributed by atoms with E-state index >= 15 is 0 Å². The van der Waals surface area contributed by atoms with Gasteiger partial charge in [-0.3, -0.25) is 4.57 Å². The highest BCUT2D eigenvalue weighted by Crippen LogP contribution is 2.47. The summed E-state index contributed by atoms with van der Waals surface area (Å²) in [5.74, 6) is 8.27. The molecule has 0 amide bonds. The van der Waals surface area contributed by atoms with Crippen molar-refractivity contribution in [1.29, 1.82) is 0 Å². The molecule has 97 heavy (non-hydrogen) atoms. The van der Waals surface area contributed by atoms with Crippen LogP contribution in [0, 0.1) is 6.92 Å². The van der Waals surface area contributed by atoms with Crippen molar-refractivity contribution in [3.63, 3.8) is 0 Å². The summed E-state index contributed by atoms with van der Waals surface area (Å²) in [6.45, 7) is 29.7. The van der Waals surface area contributed by atoms with Gasteiger partial charge in [-0.2, -0.15) is 0 Å². The molecule has 4 aromatic heterocycles. The van der Waals surface area contributed by atoms with E-state index in [1.165, 1.54) is 118 Å². The van der Waals surface area contributed by atoms with Gasteiger partial charge in [0.25, 0.3) is 0 Å². The fraction of sp³-hybridized carbons (Fsp3) is 0.365. The average Bonchev–Trinajstić information content (AvgIpc) is 1.66. The maximum absolute atomic E-state index is 2.46. The third-order valence-corrected chi connectivity index (χ3v) is 21.6. The Morgan fingerprint density at radius 2 is 0.639 bits per heavy atom. The van der Waals surface area contributed by atoms with E-state index in [1.807, 2.05) is 0 Å². The molecule has 17 rings (SSSR count). The van der Waals surface area contributed by atoms with Gasteiger partial charge < -0.3 is 52.9 Å². The number of para-hydroxylation sites is 3. The third kappa shape index (κ3) is 11.4. The topological polar surface area (TPSA) is 45.6 Å². The number of likely N-dealkylation sites (N-methyl/N-ethyl adjacent to an activating group) is 4. The molecule has 4 atom stereocenters. The summed E-state index contributed by atoms with van der Waals surface area (Å²) < 4.78 is 9.68. The minimum Gasteiger partial charge on any atom is -0.358 e. The number of hydrogen-bond acceptors (Lipinski definition) is 8. The molecule has 0 fully saturated rings. The van der Waals surface area contributed by atoms with Crippen molar-refractivity contribution in [2.24, 2.45) is 0 Å². The fourth-order valence-corrected chi connectivity index (χ4v) is 16.4. The molecule has 8 aliphatic heterocycles. The fourth-order valence-electron chi connectivity index (χ4n) is 16.4. The van der Waals surface area contributed by atoms with Crippen LogP contribution in [0.5, 0.6) is 0 Å². The van der Waals surface area contributed by atoms with E-state index in [0.717, 1.165) is 25.7 Å². The lowest BCUT2D eigenvalue weighted by Gasteiger charge is -2.28. The second-order valence-corrected chi connectivity index (χ2v) is 30.0. The smallest absolute Gasteiger partial charge is 0.122 e. The Bertz CT molecular complexity index is 4440. The van der Waals surface area contributed by atoms with Crippen molar-refractivity contribution < 1.29 is 0 Å². The van der Waals surface area contributed by atoms with Gasteiger partial charge in [-0.05, 0) is 158 Å². The Balaban J connectivity index is 0.000000112. The second-order valence-electron chi connectivity index (χ2n) is 30.0. The van der Waals surface area contributed by atoms with E-state index < -0.39 is 0 Å². The molecule has 5 aromatic carbocycles. The Morgan fingerprint density at radius 1 is 0.299 bits per heavy atom. The molecule has 0 N–H and O–H groups in total. The Kier molecular flexibility index (Phi) is 17.3. The van der Waals surface area contributed by atoms with E-state index in [4.69, 9.17) is 0 Å². The molecule has 9 aromatic rings. The first kappa shape index (κ1) is 64.9. The van der Waals surface area contributed by atoms with Gasteiger partial charge in [-0.15, -0.1) is 0 Å². The molecule has 0 spiro atoms. The predicted octanol–water partition coefficient (Wildman–Crippen LogP) is 19.0. The van der Waals surface area contributed by atoms with Gasteiger partial charge in [0, 0.05) is 128 Å². The van der Waals surface area contributed by atoms with Crippen LogP contribution in [0.4, 0.5) is 23.3 Å². The van der Waals surface area contributed by atoms with E-state index in [9.17, 15) is 0 Å². The summed E-state index contributed by atoms with van der Waals surface area (Å²) >= 11 is 0. The van der Waals surface area contributed by atoms with Crippen LogP contribution in [0.15, 0.2) is 202 Å². The van der Waals surface area contributed by atoms with Crippen LogP contribution in [0.1, 0.15) is 180 Å². The molecule has 12 nitrogen and oxygen atoms in total. The molecule has 0 saturated carbocycles. The van der Waals surface area contributed by atoms with Crippen molar-refractivity contribution in [3.8, 4) is 33.9 Å². The van der Waals surface area contributed by atoms with Gasteiger partial charge in [0.2, 0.25) is 0 Å². The molecular formula is C85H102N12. The van der Waals surface area contributed by atoms with Crippen molar-refractivity contribution in [3.05, 3.63) is 263 Å². The molecule has 502 valence electrons. The number of rotatable bonds is 11. The maximum atomic E-state index is 2.46. The van der Waals surface area contributed by atoms with Crippen LogP contribution in [-0.2, 0) is 25.7 Å². The van der Waals surface area contributed by atoms with Gasteiger partial charge in [-0.25, -0.2) is 0 Å². The number of aryl methyl sites for hydroxylation is 1. The summed E-state index contributed by atoms with van der Waals surface area (Å²) in [5.41, 5.74) is 23.6. The highest BCUT2D eigenvalue weighted by Gasteiger charge is 2.41. The first-order valence-corrected chi connectivity index (χ1v) is 35.8. The van der Waals surface area contributed by atoms with Crippen LogP contribution in [-0.4, -0.2) is 90.7 Å². The molecule has 0 aliphatic carbocycles. The number of fused-ring (bicyclic) bond motifs is 12. The molecule has 12 heterocycles. The lowest BCUT2D eigenvalue weighted by Crippen LogP contribution is -2.34. The summed E-state index contributed by atoms with van der Waals surface area (Å²) in [6.07, 6.45) is 30.4. The van der Waals surface area contributed by atoms with Gasteiger partial charge in [0.1, 0.15) is 47.9 Å². The summed E-state index contributed by atoms with van der Waals surface area (Å²) in [7, 11) is 8.65. The number of anilines is 4. The second kappa shape index (κ2) is 25.9. The minimum atomic E-state index is 0.413. The first-order valence-electron chi connectivity index (χ1n) is 35.8. The lowest BCUT2D eigenvalue weighted by molar-refractivity contribution is 0.367. The van der Waals surface area contributed by atoms with E-state index in [1.54, 1.807) is 0 Å². The van der Waals surface area contributed by atoms with Gasteiger partial charge in [0.15, 0.2) is 0 Å². The highest BCUT2D eigenvalue weighted by molar-refractivity contribution is 5.74. The van der Waals surface area contributed by atoms with Crippen molar-refractivity contribution in [2.45, 2.75) is 176 Å². The number of benzene rings is 5. The largest absolute Gasteiger partial charge is 0.358 e. The number of aromatic nitrogens is 4. The molecule has 8 aliphatic rings. The van der Waals surface area contributed by atoms with Crippen molar-refractivity contribution in [1.82, 2.24) is 37.9 Å². The van der Waals surface area contributed by atoms with Crippen LogP contribution in [0.25, 0.3) is 33.9 Å². The Morgan fingerprint density at radius 3 is 1.07 bits per heavy atom. The normalized spacial score (nSPS) is 18.6. The molecule has 12 heteroatoms. The zero-order valence-electron chi connectivity index (χ0n) is 60.5. The minimum absolute atomic E-state index is 0.413. The van der Waals surface area contributed by atoms with E-state index in [-0.39, 0.29) is 0 Å². The van der Waals surface area contributed by atoms with Crippen LogP contribution in [0.3, 0.4) is 0 Å².